The zero-order valence-corrected chi connectivity index (χ0v) is 9.87. The van der Waals surface area contributed by atoms with Crippen LogP contribution in [-0.4, -0.2) is 22.0 Å². The van der Waals surface area contributed by atoms with E-state index in [0.29, 0.717) is 24.2 Å². The molecule has 1 heterocycles. The zero-order chi connectivity index (χ0) is 11.2. The second-order valence-corrected chi connectivity index (χ2v) is 3.76. The molecule has 0 fully saturated rings. The molecule has 0 unspecified atom stereocenters. The van der Waals surface area contributed by atoms with E-state index in [1.807, 2.05) is 30.3 Å². The third-order valence-corrected chi connectivity index (χ3v) is 2.61. The first kappa shape index (κ1) is 11.2. The molecule has 0 aliphatic carbocycles. The summed E-state index contributed by atoms with van der Waals surface area (Å²) >= 11 is 6.73. The third-order valence-electron chi connectivity index (χ3n) is 1.76. The van der Waals surface area contributed by atoms with E-state index in [-0.39, 0.29) is 0 Å². The summed E-state index contributed by atoms with van der Waals surface area (Å²) in [5, 5.41) is 0.296. The molecule has 1 aromatic heterocycles. The Labute approximate surface area is 102 Å². The van der Waals surface area contributed by atoms with Gasteiger partial charge >= 0.3 is 0 Å². The Kier molecular flexibility index (Phi) is 3.96. The van der Waals surface area contributed by atoms with E-state index in [9.17, 15) is 0 Å². The number of ether oxygens (including phenoxy) is 2. The van der Waals surface area contributed by atoms with E-state index in [2.05, 4.69) is 8.75 Å². The molecule has 6 heteroatoms. The SMILES string of the molecule is Clc1nsnc1OCCOc1ccccc1. The highest BCUT2D eigenvalue weighted by Crippen LogP contribution is 2.20. The van der Waals surface area contributed by atoms with Crippen molar-refractivity contribution in [3.8, 4) is 11.6 Å². The van der Waals surface area contributed by atoms with Gasteiger partial charge < -0.3 is 9.47 Å². The molecule has 0 bridgehead atoms. The van der Waals surface area contributed by atoms with E-state index < -0.39 is 0 Å². The number of aromatic nitrogens is 2. The van der Waals surface area contributed by atoms with Crippen molar-refractivity contribution in [1.82, 2.24) is 8.75 Å². The van der Waals surface area contributed by atoms with Crippen molar-refractivity contribution in [1.29, 1.82) is 0 Å². The number of nitrogens with zero attached hydrogens (tertiary/aromatic N) is 2. The van der Waals surface area contributed by atoms with Gasteiger partial charge in [0.15, 0.2) is 0 Å². The normalized spacial score (nSPS) is 10.1. The Morgan fingerprint density at radius 1 is 1.06 bits per heavy atom. The van der Waals surface area contributed by atoms with Crippen LogP contribution in [0.2, 0.25) is 5.15 Å². The van der Waals surface area contributed by atoms with Crippen molar-refractivity contribution in [2.45, 2.75) is 0 Å². The molecule has 0 saturated heterocycles. The fourth-order valence-electron chi connectivity index (χ4n) is 1.07. The number of hydrogen-bond donors (Lipinski definition) is 0. The molecule has 84 valence electrons. The van der Waals surface area contributed by atoms with Crippen molar-refractivity contribution in [2.24, 2.45) is 0 Å². The summed E-state index contributed by atoms with van der Waals surface area (Å²) < 4.78 is 18.4. The molecule has 4 nitrogen and oxygen atoms in total. The highest BCUT2D eigenvalue weighted by atomic mass is 35.5. The third kappa shape index (κ3) is 3.08. The van der Waals surface area contributed by atoms with E-state index in [1.54, 1.807) is 0 Å². The van der Waals surface area contributed by atoms with Gasteiger partial charge in [0.1, 0.15) is 19.0 Å². The van der Waals surface area contributed by atoms with Crippen LogP contribution in [0.5, 0.6) is 11.6 Å². The van der Waals surface area contributed by atoms with Crippen LogP contribution < -0.4 is 9.47 Å². The lowest BCUT2D eigenvalue weighted by molar-refractivity contribution is 0.213. The minimum Gasteiger partial charge on any atom is -0.490 e. The predicted molar refractivity (Wildman–Crippen MR) is 62.4 cm³/mol. The summed E-state index contributed by atoms with van der Waals surface area (Å²) in [6, 6.07) is 9.54. The second-order valence-electron chi connectivity index (χ2n) is 2.87. The highest BCUT2D eigenvalue weighted by molar-refractivity contribution is 6.99. The Hall–Kier alpha value is -1.33. The van der Waals surface area contributed by atoms with Crippen molar-refractivity contribution in [3.63, 3.8) is 0 Å². The van der Waals surface area contributed by atoms with Gasteiger partial charge in [0.2, 0.25) is 5.15 Å². The molecule has 2 aromatic rings. The van der Waals surface area contributed by atoms with Crippen LogP contribution in [0.1, 0.15) is 0 Å². The number of benzene rings is 1. The predicted octanol–water partition coefficient (Wildman–Crippen LogP) is 2.65. The van der Waals surface area contributed by atoms with Crippen LogP contribution in [0.15, 0.2) is 30.3 Å². The summed E-state index contributed by atoms with van der Waals surface area (Å²) in [6.45, 7) is 0.831. The average Bonchev–Trinajstić information content (AvgIpc) is 2.72. The molecule has 16 heavy (non-hydrogen) atoms. The van der Waals surface area contributed by atoms with Crippen molar-refractivity contribution < 1.29 is 9.47 Å². The van der Waals surface area contributed by atoms with Crippen molar-refractivity contribution in [2.75, 3.05) is 13.2 Å². The highest BCUT2D eigenvalue weighted by Gasteiger charge is 2.05. The standard InChI is InChI=1S/C10H9ClN2O2S/c11-9-10(13-16-12-9)15-7-6-14-8-4-2-1-3-5-8/h1-5H,6-7H2. The first-order valence-electron chi connectivity index (χ1n) is 4.65. The van der Waals surface area contributed by atoms with E-state index in [4.69, 9.17) is 21.1 Å². The topological polar surface area (TPSA) is 44.2 Å². The molecular formula is C10H9ClN2O2S. The van der Waals surface area contributed by atoms with E-state index in [1.165, 1.54) is 0 Å². The molecule has 0 aliphatic heterocycles. The van der Waals surface area contributed by atoms with Crippen LogP contribution in [-0.2, 0) is 0 Å². The van der Waals surface area contributed by atoms with Crippen LogP contribution in [0.3, 0.4) is 0 Å². The van der Waals surface area contributed by atoms with Gasteiger partial charge in [0, 0.05) is 0 Å². The van der Waals surface area contributed by atoms with Crippen LogP contribution in [0, 0.1) is 0 Å². The van der Waals surface area contributed by atoms with Crippen LogP contribution in [0.4, 0.5) is 0 Å². The zero-order valence-electron chi connectivity index (χ0n) is 8.30. The maximum atomic E-state index is 5.71. The van der Waals surface area contributed by atoms with Gasteiger partial charge in [-0.3, -0.25) is 0 Å². The number of para-hydroxylation sites is 1. The summed E-state index contributed by atoms with van der Waals surface area (Å²) in [4.78, 5) is 0. The molecule has 0 spiro atoms. The number of rotatable bonds is 5. The molecule has 0 radical (unpaired) electrons. The van der Waals surface area contributed by atoms with E-state index in [0.717, 1.165) is 17.5 Å². The molecule has 0 saturated carbocycles. The van der Waals surface area contributed by atoms with Gasteiger partial charge in [-0.25, -0.2) is 0 Å². The number of hydrogen-bond acceptors (Lipinski definition) is 5. The van der Waals surface area contributed by atoms with Gasteiger partial charge in [0.05, 0.1) is 11.7 Å². The second kappa shape index (κ2) is 5.67. The smallest absolute Gasteiger partial charge is 0.265 e. The van der Waals surface area contributed by atoms with Crippen molar-refractivity contribution in [3.05, 3.63) is 35.5 Å². The minimum atomic E-state index is 0.296. The molecule has 0 atom stereocenters. The lowest BCUT2D eigenvalue weighted by atomic mass is 10.3. The maximum absolute atomic E-state index is 5.71. The summed E-state index contributed by atoms with van der Waals surface area (Å²) in [6.07, 6.45) is 0. The Bertz CT molecular complexity index is 435. The quantitative estimate of drug-likeness (QED) is 0.772. The summed E-state index contributed by atoms with van der Waals surface area (Å²) in [7, 11) is 0. The molecule has 0 aliphatic rings. The first-order chi connectivity index (χ1) is 7.86. The van der Waals surface area contributed by atoms with Gasteiger partial charge in [-0.2, -0.15) is 4.37 Å². The molecule has 0 amide bonds. The average molecular weight is 257 g/mol. The minimum absolute atomic E-state index is 0.296. The van der Waals surface area contributed by atoms with Gasteiger partial charge in [0.25, 0.3) is 5.88 Å². The Morgan fingerprint density at radius 3 is 2.50 bits per heavy atom. The molecule has 1 aromatic carbocycles. The van der Waals surface area contributed by atoms with Crippen LogP contribution >= 0.6 is 23.3 Å². The lowest BCUT2D eigenvalue weighted by Crippen LogP contribution is -2.09. The molecule has 0 N–H and O–H groups in total. The molecule has 2 rings (SSSR count). The maximum Gasteiger partial charge on any atom is 0.265 e. The summed E-state index contributed by atoms with van der Waals surface area (Å²) in [5.74, 6) is 1.18. The Balaban J connectivity index is 1.72. The first-order valence-corrected chi connectivity index (χ1v) is 5.76. The summed E-state index contributed by atoms with van der Waals surface area (Å²) in [5.41, 5.74) is 0. The van der Waals surface area contributed by atoms with Gasteiger partial charge in [-0.05, 0) is 12.1 Å². The Morgan fingerprint density at radius 2 is 1.81 bits per heavy atom. The van der Waals surface area contributed by atoms with Gasteiger partial charge in [-0.1, -0.05) is 29.8 Å². The number of halogens is 1. The largest absolute Gasteiger partial charge is 0.490 e. The fraction of sp³-hybridized carbons (Fsp3) is 0.200. The van der Waals surface area contributed by atoms with Crippen molar-refractivity contribution >= 4 is 23.3 Å². The van der Waals surface area contributed by atoms with Gasteiger partial charge in [-0.15, -0.1) is 4.37 Å². The van der Waals surface area contributed by atoms with Crippen LogP contribution in [0.25, 0.3) is 0 Å². The fourth-order valence-corrected chi connectivity index (χ4v) is 1.71. The lowest BCUT2D eigenvalue weighted by Gasteiger charge is -2.05. The van der Waals surface area contributed by atoms with E-state index >= 15 is 0 Å². The monoisotopic (exact) mass is 256 g/mol. The molecular weight excluding hydrogens is 248 g/mol.